The van der Waals surface area contributed by atoms with Gasteiger partial charge in [-0.15, -0.1) is 0 Å². The number of hydrogen-bond acceptors (Lipinski definition) is 4. The molecule has 4 heteroatoms. The molecule has 0 aromatic heterocycles. The van der Waals surface area contributed by atoms with Gasteiger partial charge in [0, 0.05) is 12.1 Å². The number of rotatable bonds is 18. The number of ketones is 1. The Balaban J connectivity index is 2.03. The van der Waals surface area contributed by atoms with Gasteiger partial charge in [-0.3, -0.25) is 4.79 Å². The van der Waals surface area contributed by atoms with Crippen LogP contribution in [0.1, 0.15) is 93.5 Å². The lowest BCUT2D eigenvalue weighted by Crippen LogP contribution is -2.22. The zero-order chi connectivity index (χ0) is 21.3. The van der Waals surface area contributed by atoms with Gasteiger partial charge < -0.3 is 14.7 Å². The largest absolute Gasteiger partial charge is 0.493 e. The first-order valence-corrected chi connectivity index (χ1v) is 11.6. The summed E-state index contributed by atoms with van der Waals surface area (Å²) >= 11 is 0. The van der Waals surface area contributed by atoms with Crippen LogP contribution < -0.4 is 4.74 Å². The molecule has 0 amide bonds. The van der Waals surface area contributed by atoms with Crippen molar-refractivity contribution in [1.29, 1.82) is 0 Å². The smallest absolute Gasteiger partial charge is 0.188 e. The second-order valence-corrected chi connectivity index (χ2v) is 8.25. The van der Waals surface area contributed by atoms with Crippen LogP contribution in [0.4, 0.5) is 0 Å². The maximum Gasteiger partial charge on any atom is 0.188 e. The van der Waals surface area contributed by atoms with E-state index in [2.05, 4.69) is 18.9 Å². The van der Waals surface area contributed by atoms with E-state index in [1.165, 1.54) is 64.2 Å². The molecule has 0 atom stereocenters. The van der Waals surface area contributed by atoms with E-state index in [0.29, 0.717) is 12.2 Å². The van der Waals surface area contributed by atoms with E-state index in [4.69, 9.17) is 9.84 Å². The summed E-state index contributed by atoms with van der Waals surface area (Å²) in [5, 5.41) is 8.94. The molecule has 166 valence electrons. The fourth-order valence-corrected chi connectivity index (χ4v) is 3.57. The van der Waals surface area contributed by atoms with Crippen molar-refractivity contribution in [3.63, 3.8) is 0 Å². The Hall–Kier alpha value is -1.39. The molecule has 1 aromatic carbocycles. The average Bonchev–Trinajstić information content (AvgIpc) is 2.72. The first-order chi connectivity index (χ1) is 14.1. The minimum atomic E-state index is -0.453. The van der Waals surface area contributed by atoms with E-state index in [-0.39, 0.29) is 5.78 Å². The molecule has 0 heterocycles. The third kappa shape index (κ3) is 12.0. The fourth-order valence-electron chi connectivity index (χ4n) is 3.57. The van der Waals surface area contributed by atoms with Crippen molar-refractivity contribution in [3.8, 4) is 5.75 Å². The van der Waals surface area contributed by atoms with Crippen LogP contribution in [-0.2, 0) is 0 Å². The number of carbonyl (C=O) groups is 1. The summed E-state index contributed by atoms with van der Waals surface area (Å²) in [5.74, 6) is 0.560. The molecule has 0 saturated heterocycles. The summed E-state index contributed by atoms with van der Waals surface area (Å²) in [7, 11) is 2.19. The van der Waals surface area contributed by atoms with Crippen molar-refractivity contribution in [2.45, 2.75) is 84.5 Å². The molecule has 0 unspecified atom stereocenters. The lowest BCUT2D eigenvalue weighted by atomic mass is 10.1. The van der Waals surface area contributed by atoms with Crippen LogP contribution in [0.3, 0.4) is 0 Å². The Morgan fingerprint density at radius 2 is 1.52 bits per heavy atom. The van der Waals surface area contributed by atoms with Crippen molar-refractivity contribution >= 4 is 5.78 Å². The Morgan fingerprint density at radius 3 is 2.10 bits per heavy atom. The van der Waals surface area contributed by atoms with Gasteiger partial charge in [0.25, 0.3) is 0 Å². The molecule has 1 N–H and O–H groups in total. The number of aryl methyl sites for hydroxylation is 1. The van der Waals surface area contributed by atoms with Gasteiger partial charge in [0.2, 0.25) is 0 Å². The van der Waals surface area contributed by atoms with Crippen molar-refractivity contribution in [3.05, 3.63) is 29.3 Å². The quantitative estimate of drug-likeness (QED) is 0.248. The van der Waals surface area contributed by atoms with Crippen LogP contribution in [0, 0.1) is 6.92 Å². The SMILES string of the molecule is CCCCCCCCCCCCN(C)CCCOc1ccc(C(=O)CO)cc1C. The van der Waals surface area contributed by atoms with Gasteiger partial charge in [0.05, 0.1) is 6.61 Å². The van der Waals surface area contributed by atoms with E-state index in [9.17, 15) is 4.79 Å². The molecule has 0 spiro atoms. The van der Waals surface area contributed by atoms with E-state index in [1.807, 2.05) is 13.0 Å². The zero-order valence-electron chi connectivity index (χ0n) is 19.0. The first kappa shape index (κ1) is 25.6. The molecule has 0 aliphatic carbocycles. The maximum atomic E-state index is 11.5. The molecule has 1 rings (SSSR count). The number of nitrogens with zero attached hydrogens (tertiary/aromatic N) is 1. The number of benzene rings is 1. The highest BCUT2D eigenvalue weighted by molar-refractivity contribution is 5.97. The second-order valence-electron chi connectivity index (χ2n) is 8.25. The predicted octanol–water partition coefficient (Wildman–Crippen LogP) is 5.79. The molecule has 0 aliphatic rings. The average molecular weight is 406 g/mol. The van der Waals surface area contributed by atoms with E-state index in [1.54, 1.807) is 12.1 Å². The summed E-state index contributed by atoms with van der Waals surface area (Å²) in [4.78, 5) is 13.9. The minimum absolute atomic E-state index is 0.256. The molecule has 1 aromatic rings. The van der Waals surface area contributed by atoms with Crippen molar-refractivity contribution in [1.82, 2.24) is 4.90 Å². The highest BCUT2D eigenvalue weighted by atomic mass is 16.5. The second kappa shape index (κ2) is 16.4. The third-order valence-corrected chi connectivity index (χ3v) is 5.48. The lowest BCUT2D eigenvalue weighted by molar-refractivity contribution is 0.0903. The number of ether oxygens (including phenoxy) is 1. The van der Waals surface area contributed by atoms with Crippen molar-refractivity contribution < 1.29 is 14.6 Å². The van der Waals surface area contributed by atoms with Crippen molar-refractivity contribution in [2.24, 2.45) is 0 Å². The highest BCUT2D eigenvalue weighted by Gasteiger charge is 2.07. The topological polar surface area (TPSA) is 49.8 Å². The molecule has 4 nitrogen and oxygen atoms in total. The summed E-state index contributed by atoms with van der Waals surface area (Å²) < 4.78 is 5.86. The van der Waals surface area contributed by atoms with Gasteiger partial charge in [-0.2, -0.15) is 0 Å². The zero-order valence-corrected chi connectivity index (χ0v) is 19.0. The number of aliphatic hydroxyl groups is 1. The molecule has 0 saturated carbocycles. The standard InChI is InChI=1S/C25H43NO3/c1-4-5-6-7-8-9-10-11-12-13-17-26(3)18-14-19-29-25-16-15-23(20-22(25)2)24(28)21-27/h15-16,20,27H,4-14,17-19,21H2,1-3H3. The van der Waals surface area contributed by atoms with E-state index < -0.39 is 6.61 Å². The van der Waals surface area contributed by atoms with Gasteiger partial charge in [0.15, 0.2) is 5.78 Å². The monoisotopic (exact) mass is 405 g/mol. The van der Waals surface area contributed by atoms with E-state index in [0.717, 1.165) is 30.8 Å². The fraction of sp³-hybridized carbons (Fsp3) is 0.720. The van der Waals surface area contributed by atoms with Gasteiger partial charge >= 0.3 is 0 Å². The molecular weight excluding hydrogens is 362 g/mol. The van der Waals surface area contributed by atoms with Crippen LogP contribution in [0.15, 0.2) is 18.2 Å². The Morgan fingerprint density at radius 1 is 0.931 bits per heavy atom. The molecule has 0 aliphatic heterocycles. The van der Waals surface area contributed by atoms with Crippen LogP contribution in [0.25, 0.3) is 0 Å². The molecular formula is C25H43NO3. The van der Waals surface area contributed by atoms with Gasteiger partial charge in [-0.05, 0) is 57.1 Å². The number of carbonyl (C=O) groups excluding carboxylic acids is 1. The first-order valence-electron chi connectivity index (χ1n) is 11.6. The van der Waals surface area contributed by atoms with Crippen molar-refractivity contribution in [2.75, 3.05) is 33.4 Å². The van der Waals surface area contributed by atoms with Gasteiger partial charge in [0.1, 0.15) is 12.4 Å². The lowest BCUT2D eigenvalue weighted by Gasteiger charge is -2.17. The Kier molecular flexibility index (Phi) is 14.5. The summed E-state index contributed by atoms with van der Waals surface area (Å²) in [6.45, 7) is 6.63. The van der Waals surface area contributed by atoms with E-state index >= 15 is 0 Å². The molecule has 0 fully saturated rings. The maximum absolute atomic E-state index is 11.5. The predicted molar refractivity (Wildman–Crippen MR) is 122 cm³/mol. The Labute approximate surface area is 178 Å². The summed E-state index contributed by atoms with van der Waals surface area (Å²) in [5.41, 5.74) is 1.47. The molecule has 0 radical (unpaired) electrons. The third-order valence-electron chi connectivity index (χ3n) is 5.48. The van der Waals surface area contributed by atoms with Gasteiger partial charge in [-0.1, -0.05) is 64.7 Å². The van der Waals surface area contributed by atoms with Crippen LogP contribution >= 0.6 is 0 Å². The number of Topliss-reactive ketones (excluding diaryl/α,β-unsaturated/α-hetero) is 1. The molecule has 29 heavy (non-hydrogen) atoms. The van der Waals surface area contributed by atoms with Crippen LogP contribution in [0.2, 0.25) is 0 Å². The highest BCUT2D eigenvalue weighted by Crippen LogP contribution is 2.19. The normalized spacial score (nSPS) is 11.2. The number of hydrogen-bond donors (Lipinski definition) is 1. The summed E-state index contributed by atoms with van der Waals surface area (Å²) in [6, 6.07) is 5.33. The number of aliphatic hydroxyl groups excluding tert-OH is 1. The Bertz CT molecular complexity index is 559. The van der Waals surface area contributed by atoms with Crippen LogP contribution in [0.5, 0.6) is 5.75 Å². The summed E-state index contributed by atoms with van der Waals surface area (Å²) in [6.07, 6.45) is 14.8. The minimum Gasteiger partial charge on any atom is -0.493 e. The van der Waals surface area contributed by atoms with Gasteiger partial charge in [-0.25, -0.2) is 0 Å². The number of unbranched alkanes of at least 4 members (excludes halogenated alkanes) is 9. The molecule has 0 bridgehead atoms. The van der Waals surface area contributed by atoms with Crippen LogP contribution in [-0.4, -0.2) is 49.1 Å².